The molecule has 0 radical (unpaired) electrons. The molecule has 0 aliphatic carbocycles. The van der Waals surface area contributed by atoms with Gasteiger partial charge in [-0.3, -0.25) is 4.79 Å². The maximum absolute atomic E-state index is 10.5. The summed E-state index contributed by atoms with van der Waals surface area (Å²) in [5.74, 6) is -0.989. The lowest BCUT2D eigenvalue weighted by molar-refractivity contribution is -0.136. The molecule has 0 amide bonds. The van der Waals surface area contributed by atoms with Crippen LogP contribution < -0.4 is 0 Å². The van der Waals surface area contributed by atoms with E-state index in [9.17, 15) is 4.79 Å². The fourth-order valence-electron chi connectivity index (χ4n) is 0.526. The highest BCUT2D eigenvalue weighted by Gasteiger charge is 2.30. The normalized spacial score (nSPS) is 14.5. The Hall–Kier alpha value is 0.0400. The van der Waals surface area contributed by atoms with Gasteiger partial charge in [-0.05, 0) is 18.7 Å². The third-order valence-corrected chi connectivity index (χ3v) is 5.37. The summed E-state index contributed by atoms with van der Waals surface area (Å²) in [6, 6.07) is 0. The largest absolute Gasteiger partial charge is 0.481 e. The zero-order valence-electron chi connectivity index (χ0n) is 6.60. The van der Waals surface area contributed by atoms with E-state index in [1.807, 2.05) is 0 Å². The summed E-state index contributed by atoms with van der Waals surface area (Å²) in [4.78, 5) is 10.5. The second-order valence-corrected chi connectivity index (χ2v) is 6.03. The Kier molecular flexibility index (Phi) is 4.18. The third kappa shape index (κ3) is 2.52. The van der Waals surface area contributed by atoms with Gasteiger partial charge in [-0.1, -0.05) is 0 Å². The number of hydrogen-bond acceptors (Lipinski definition) is 4. The molecule has 0 aromatic heterocycles. The van der Waals surface area contributed by atoms with E-state index in [0.29, 0.717) is 0 Å². The molecule has 11 heavy (non-hydrogen) atoms. The zero-order valence-corrected chi connectivity index (χ0v) is 8.32. The number of carbonyl (C=O) groups is 1. The van der Waals surface area contributed by atoms with Crippen molar-refractivity contribution in [3.05, 3.63) is 0 Å². The highest BCUT2D eigenvalue weighted by Crippen LogP contribution is 2.51. The van der Waals surface area contributed by atoms with Crippen LogP contribution in [0.5, 0.6) is 0 Å². The van der Waals surface area contributed by atoms with Crippen molar-refractivity contribution in [2.75, 3.05) is 14.2 Å². The second kappa shape index (κ2) is 4.16. The predicted octanol–water partition coefficient (Wildman–Crippen LogP) is 1.06. The van der Waals surface area contributed by atoms with Crippen LogP contribution in [0.4, 0.5) is 0 Å². The van der Waals surface area contributed by atoms with Gasteiger partial charge in [0.15, 0.2) is 0 Å². The van der Waals surface area contributed by atoms with Crippen molar-refractivity contribution in [3.8, 4) is 0 Å². The van der Waals surface area contributed by atoms with Gasteiger partial charge in [0, 0.05) is 14.2 Å². The van der Waals surface area contributed by atoms with Crippen molar-refractivity contribution in [1.29, 1.82) is 0 Å². The molecule has 0 fully saturated rings. The molecule has 4 nitrogen and oxygen atoms in total. The van der Waals surface area contributed by atoms with Gasteiger partial charge in [-0.2, -0.15) is 0 Å². The summed E-state index contributed by atoms with van der Waals surface area (Å²) in [7, 11) is 2.73. The van der Waals surface area contributed by atoms with Gasteiger partial charge in [-0.25, -0.2) is 0 Å². The maximum atomic E-state index is 10.5. The number of carboxylic acid groups (broad SMARTS) is 1. The Morgan fingerprint density at radius 2 is 1.91 bits per heavy atom. The van der Waals surface area contributed by atoms with Crippen molar-refractivity contribution < 1.29 is 18.9 Å². The molecule has 0 aromatic carbocycles. The SMILES string of the molecule is COP(=S)(OC)C(C)C(=O)O. The lowest BCUT2D eigenvalue weighted by atomic mass is 10.5. The van der Waals surface area contributed by atoms with E-state index in [0.717, 1.165) is 0 Å². The fraction of sp³-hybridized carbons (Fsp3) is 0.800. The topological polar surface area (TPSA) is 55.8 Å². The molecule has 0 aliphatic rings. The van der Waals surface area contributed by atoms with Gasteiger partial charge >= 0.3 is 5.97 Å². The molecule has 1 unspecified atom stereocenters. The van der Waals surface area contributed by atoms with Crippen molar-refractivity contribution in [2.45, 2.75) is 12.6 Å². The number of hydrogen-bond donors (Lipinski definition) is 1. The van der Waals surface area contributed by atoms with Crippen LogP contribution in [-0.2, 0) is 25.6 Å². The third-order valence-electron chi connectivity index (χ3n) is 1.34. The van der Waals surface area contributed by atoms with E-state index in [1.54, 1.807) is 0 Å². The van der Waals surface area contributed by atoms with Crippen molar-refractivity contribution >= 4 is 24.3 Å². The lowest BCUT2D eigenvalue weighted by Crippen LogP contribution is -2.17. The van der Waals surface area contributed by atoms with Crippen LogP contribution in [0.25, 0.3) is 0 Å². The van der Waals surface area contributed by atoms with Crippen molar-refractivity contribution in [1.82, 2.24) is 0 Å². The average molecular weight is 198 g/mol. The molecule has 1 atom stereocenters. The monoisotopic (exact) mass is 198 g/mol. The Labute approximate surface area is 70.7 Å². The van der Waals surface area contributed by atoms with Crippen LogP contribution in [0.15, 0.2) is 0 Å². The predicted molar refractivity (Wildman–Crippen MR) is 45.4 cm³/mol. The summed E-state index contributed by atoms with van der Waals surface area (Å²) in [6.07, 6.45) is 0. The fourth-order valence-corrected chi connectivity index (χ4v) is 1.85. The first kappa shape index (κ1) is 11.0. The molecule has 0 aromatic rings. The van der Waals surface area contributed by atoms with E-state index in [4.69, 9.17) is 26.0 Å². The molecule has 0 rings (SSSR count). The summed E-state index contributed by atoms with van der Waals surface area (Å²) < 4.78 is 9.67. The minimum absolute atomic E-state index is 0.757. The van der Waals surface area contributed by atoms with E-state index in [-0.39, 0.29) is 0 Å². The molecule has 0 saturated carbocycles. The molecular weight excluding hydrogens is 187 g/mol. The van der Waals surface area contributed by atoms with E-state index < -0.39 is 18.1 Å². The van der Waals surface area contributed by atoms with Crippen molar-refractivity contribution in [2.24, 2.45) is 0 Å². The van der Waals surface area contributed by atoms with Crippen LogP contribution in [0.3, 0.4) is 0 Å². The first-order valence-electron chi connectivity index (χ1n) is 2.92. The molecular formula is C5H11O4PS. The molecule has 1 N–H and O–H groups in total. The molecule has 6 heteroatoms. The number of aliphatic carboxylic acids is 1. The summed E-state index contributed by atoms with van der Waals surface area (Å²) in [6.45, 7) is -1.11. The highest BCUT2D eigenvalue weighted by molar-refractivity contribution is 8.10. The Balaban J connectivity index is 4.51. The van der Waals surface area contributed by atoms with E-state index >= 15 is 0 Å². The maximum Gasteiger partial charge on any atom is 0.315 e. The molecule has 0 aliphatic heterocycles. The smallest absolute Gasteiger partial charge is 0.315 e. The Bertz CT molecular complexity index is 185. The van der Waals surface area contributed by atoms with Gasteiger partial charge in [0.1, 0.15) is 5.66 Å². The molecule has 66 valence electrons. The number of rotatable bonds is 4. The standard InChI is InChI=1S/C5H11O4PS/c1-4(5(6)7)10(11,8-2)9-3/h4H,1-3H3,(H,6,7). The highest BCUT2D eigenvalue weighted by atomic mass is 32.5. The van der Waals surface area contributed by atoms with Gasteiger partial charge in [0.2, 0.25) is 6.49 Å². The zero-order chi connectivity index (χ0) is 9.07. The second-order valence-electron chi connectivity index (χ2n) is 1.92. The summed E-state index contributed by atoms with van der Waals surface area (Å²) >= 11 is 4.89. The summed E-state index contributed by atoms with van der Waals surface area (Å²) in [5.41, 5.74) is -0.757. The van der Waals surface area contributed by atoms with Gasteiger partial charge in [0.25, 0.3) is 0 Å². The van der Waals surface area contributed by atoms with Gasteiger partial charge < -0.3 is 14.2 Å². The Morgan fingerprint density at radius 1 is 1.55 bits per heavy atom. The van der Waals surface area contributed by atoms with Crippen LogP contribution in [0.1, 0.15) is 6.92 Å². The average Bonchev–Trinajstić information content (AvgIpc) is 2.01. The van der Waals surface area contributed by atoms with Crippen LogP contribution in [-0.4, -0.2) is 31.0 Å². The minimum Gasteiger partial charge on any atom is -0.481 e. The first-order chi connectivity index (χ1) is 4.98. The quantitative estimate of drug-likeness (QED) is 0.684. The summed E-state index contributed by atoms with van der Waals surface area (Å²) in [5, 5.41) is 8.58. The van der Waals surface area contributed by atoms with Gasteiger partial charge in [-0.15, -0.1) is 0 Å². The Morgan fingerprint density at radius 3 is 2.00 bits per heavy atom. The minimum atomic E-state index is -2.59. The van der Waals surface area contributed by atoms with E-state index in [2.05, 4.69) is 0 Å². The van der Waals surface area contributed by atoms with Gasteiger partial charge in [0.05, 0.1) is 0 Å². The van der Waals surface area contributed by atoms with E-state index in [1.165, 1.54) is 21.1 Å². The molecule has 0 heterocycles. The first-order valence-corrected chi connectivity index (χ1v) is 5.62. The van der Waals surface area contributed by atoms with Crippen LogP contribution in [0, 0.1) is 0 Å². The van der Waals surface area contributed by atoms with Crippen LogP contribution in [0.2, 0.25) is 0 Å². The molecule has 0 saturated heterocycles. The number of carboxylic acids is 1. The molecule has 0 spiro atoms. The van der Waals surface area contributed by atoms with Crippen LogP contribution >= 0.6 is 6.49 Å². The molecule has 0 bridgehead atoms. The lowest BCUT2D eigenvalue weighted by Gasteiger charge is -2.21. The van der Waals surface area contributed by atoms with Crippen molar-refractivity contribution in [3.63, 3.8) is 0 Å².